The fourth-order valence-corrected chi connectivity index (χ4v) is 2.36. The first-order valence-electron chi connectivity index (χ1n) is 6.63. The van der Waals surface area contributed by atoms with E-state index in [0.29, 0.717) is 6.04 Å². The summed E-state index contributed by atoms with van der Waals surface area (Å²) < 4.78 is 5.38. The number of aliphatic hydroxyl groups is 1. The fourth-order valence-electron chi connectivity index (χ4n) is 2.36. The lowest BCUT2D eigenvalue weighted by atomic mass is 10.1. The number of hydrogen-bond donors (Lipinski definition) is 1. The Morgan fingerprint density at radius 1 is 1.28 bits per heavy atom. The lowest BCUT2D eigenvalue weighted by Gasteiger charge is -2.26. The Morgan fingerprint density at radius 2 is 1.94 bits per heavy atom. The van der Waals surface area contributed by atoms with Gasteiger partial charge < -0.3 is 9.84 Å². The van der Waals surface area contributed by atoms with E-state index in [2.05, 4.69) is 25.8 Å². The SMILES string of the molecule is CCC(CC)N(C)Cc1cc(CO)ccc1OC. The van der Waals surface area contributed by atoms with Gasteiger partial charge >= 0.3 is 0 Å². The first-order valence-corrected chi connectivity index (χ1v) is 6.63. The van der Waals surface area contributed by atoms with Gasteiger partial charge in [-0.25, -0.2) is 0 Å². The summed E-state index contributed by atoms with van der Waals surface area (Å²) in [6.07, 6.45) is 2.30. The van der Waals surface area contributed by atoms with E-state index in [0.717, 1.165) is 36.3 Å². The Bertz CT molecular complexity index is 362. The predicted molar refractivity (Wildman–Crippen MR) is 74.8 cm³/mol. The van der Waals surface area contributed by atoms with Crippen molar-refractivity contribution in [3.05, 3.63) is 29.3 Å². The third-order valence-electron chi connectivity index (χ3n) is 3.51. The van der Waals surface area contributed by atoms with Gasteiger partial charge in [0, 0.05) is 18.2 Å². The van der Waals surface area contributed by atoms with Crippen molar-refractivity contribution in [2.45, 2.75) is 45.9 Å². The minimum absolute atomic E-state index is 0.0751. The molecule has 0 aliphatic heterocycles. The molecule has 3 heteroatoms. The second-order valence-corrected chi connectivity index (χ2v) is 4.69. The van der Waals surface area contributed by atoms with Crippen LogP contribution in [0, 0.1) is 0 Å². The van der Waals surface area contributed by atoms with E-state index in [-0.39, 0.29) is 6.61 Å². The summed E-state index contributed by atoms with van der Waals surface area (Å²) in [5, 5.41) is 9.21. The molecule has 1 aromatic carbocycles. The van der Waals surface area contributed by atoms with Gasteiger partial charge in [0.25, 0.3) is 0 Å². The number of ether oxygens (including phenoxy) is 1. The molecule has 0 amide bonds. The van der Waals surface area contributed by atoms with Gasteiger partial charge in [-0.1, -0.05) is 19.9 Å². The van der Waals surface area contributed by atoms with Crippen molar-refractivity contribution in [3.8, 4) is 5.75 Å². The summed E-state index contributed by atoms with van der Waals surface area (Å²) in [7, 11) is 3.83. The van der Waals surface area contributed by atoms with Crippen LogP contribution in [0.3, 0.4) is 0 Å². The van der Waals surface area contributed by atoms with Crippen LogP contribution in [0.5, 0.6) is 5.75 Å². The third-order valence-corrected chi connectivity index (χ3v) is 3.51. The van der Waals surface area contributed by atoms with E-state index < -0.39 is 0 Å². The standard InChI is InChI=1S/C15H25NO2/c1-5-14(6-2)16(3)10-13-9-12(11-17)7-8-15(13)18-4/h7-9,14,17H,5-6,10-11H2,1-4H3. The normalized spacial score (nSPS) is 11.3. The van der Waals surface area contributed by atoms with Crippen molar-refractivity contribution in [1.29, 1.82) is 0 Å². The molecule has 0 radical (unpaired) electrons. The Hall–Kier alpha value is -1.06. The van der Waals surface area contributed by atoms with E-state index in [1.165, 1.54) is 0 Å². The summed E-state index contributed by atoms with van der Waals surface area (Å²) in [6, 6.07) is 6.45. The Labute approximate surface area is 110 Å². The molecule has 18 heavy (non-hydrogen) atoms. The van der Waals surface area contributed by atoms with E-state index in [9.17, 15) is 5.11 Å². The second kappa shape index (κ2) is 7.39. The third kappa shape index (κ3) is 3.72. The van der Waals surface area contributed by atoms with Crippen LogP contribution < -0.4 is 4.74 Å². The maximum absolute atomic E-state index is 9.21. The molecule has 0 bridgehead atoms. The zero-order valence-corrected chi connectivity index (χ0v) is 11.9. The van der Waals surface area contributed by atoms with E-state index in [4.69, 9.17) is 4.74 Å². The number of hydrogen-bond acceptors (Lipinski definition) is 3. The van der Waals surface area contributed by atoms with Crippen LogP contribution in [0.15, 0.2) is 18.2 Å². The van der Waals surface area contributed by atoms with Crippen LogP contribution in [-0.2, 0) is 13.2 Å². The molecule has 0 heterocycles. The number of rotatable bonds is 7. The number of nitrogens with zero attached hydrogens (tertiary/aromatic N) is 1. The van der Waals surface area contributed by atoms with Gasteiger partial charge in [-0.05, 0) is 37.6 Å². The highest BCUT2D eigenvalue weighted by Gasteiger charge is 2.13. The van der Waals surface area contributed by atoms with Crippen LogP contribution in [0.25, 0.3) is 0 Å². The smallest absolute Gasteiger partial charge is 0.123 e. The average Bonchev–Trinajstić information content (AvgIpc) is 2.40. The van der Waals surface area contributed by atoms with Gasteiger partial charge in [0.1, 0.15) is 5.75 Å². The first-order chi connectivity index (χ1) is 8.65. The fraction of sp³-hybridized carbons (Fsp3) is 0.600. The lowest BCUT2D eigenvalue weighted by Crippen LogP contribution is -2.30. The molecular formula is C15H25NO2. The van der Waals surface area contributed by atoms with Crippen LogP contribution in [0.1, 0.15) is 37.8 Å². The van der Waals surface area contributed by atoms with Gasteiger partial charge in [-0.2, -0.15) is 0 Å². The molecule has 1 N–H and O–H groups in total. The lowest BCUT2D eigenvalue weighted by molar-refractivity contribution is 0.218. The topological polar surface area (TPSA) is 32.7 Å². The first kappa shape index (κ1) is 15.0. The van der Waals surface area contributed by atoms with Crippen LogP contribution in [0.4, 0.5) is 0 Å². The summed E-state index contributed by atoms with van der Waals surface area (Å²) in [6.45, 7) is 5.35. The largest absolute Gasteiger partial charge is 0.496 e. The second-order valence-electron chi connectivity index (χ2n) is 4.69. The molecular weight excluding hydrogens is 226 g/mol. The summed E-state index contributed by atoms with van der Waals surface area (Å²) in [5.74, 6) is 0.894. The summed E-state index contributed by atoms with van der Waals surface area (Å²) in [5.41, 5.74) is 2.07. The molecule has 0 aliphatic carbocycles. The van der Waals surface area contributed by atoms with Crippen LogP contribution >= 0.6 is 0 Å². The summed E-state index contributed by atoms with van der Waals surface area (Å²) in [4.78, 5) is 2.35. The summed E-state index contributed by atoms with van der Waals surface area (Å²) >= 11 is 0. The molecule has 0 unspecified atom stereocenters. The minimum Gasteiger partial charge on any atom is -0.496 e. The highest BCUT2D eigenvalue weighted by atomic mass is 16.5. The molecule has 3 nitrogen and oxygen atoms in total. The minimum atomic E-state index is 0.0751. The molecule has 0 fully saturated rings. The van der Waals surface area contributed by atoms with Gasteiger partial charge in [-0.3, -0.25) is 4.90 Å². The van der Waals surface area contributed by atoms with Crippen molar-refractivity contribution in [1.82, 2.24) is 4.90 Å². The van der Waals surface area contributed by atoms with Gasteiger partial charge in [-0.15, -0.1) is 0 Å². The van der Waals surface area contributed by atoms with Crippen LogP contribution in [-0.4, -0.2) is 30.2 Å². The highest BCUT2D eigenvalue weighted by Crippen LogP contribution is 2.23. The quantitative estimate of drug-likeness (QED) is 0.809. The molecule has 0 spiro atoms. The predicted octanol–water partition coefficient (Wildman–Crippen LogP) is 2.81. The van der Waals surface area contributed by atoms with Crippen molar-refractivity contribution >= 4 is 0 Å². The monoisotopic (exact) mass is 251 g/mol. The van der Waals surface area contributed by atoms with E-state index >= 15 is 0 Å². The average molecular weight is 251 g/mol. The van der Waals surface area contributed by atoms with E-state index in [1.807, 2.05) is 18.2 Å². The van der Waals surface area contributed by atoms with Gasteiger partial charge in [0.15, 0.2) is 0 Å². The maximum atomic E-state index is 9.21. The Morgan fingerprint density at radius 3 is 2.44 bits per heavy atom. The molecule has 0 atom stereocenters. The van der Waals surface area contributed by atoms with Crippen molar-refractivity contribution in [2.75, 3.05) is 14.2 Å². The molecule has 1 rings (SSSR count). The van der Waals surface area contributed by atoms with E-state index in [1.54, 1.807) is 7.11 Å². The number of benzene rings is 1. The number of methoxy groups -OCH3 is 1. The molecule has 0 saturated carbocycles. The van der Waals surface area contributed by atoms with Crippen LogP contribution in [0.2, 0.25) is 0 Å². The maximum Gasteiger partial charge on any atom is 0.123 e. The van der Waals surface area contributed by atoms with Crippen molar-refractivity contribution in [3.63, 3.8) is 0 Å². The zero-order valence-electron chi connectivity index (χ0n) is 11.9. The van der Waals surface area contributed by atoms with Crippen molar-refractivity contribution in [2.24, 2.45) is 0 Å². The number of aliphatic hydroxyl groups excluding tert-OH is 1. The van der Waals surface area contributed by atoms with Gasteiger partial charge in [0.05, 0.1) is 13.7 Å². The highest BCUT2D eigenvalue weighted by molar-refractivity contribution is 5.37. The van der Waals surface area contributed by atoms with Crippen molar-refractivity contribution < 1.29 is 9.84 Å². The molecule has 102 valence electrons. The van der Waals surface area contributed by atoms with Gasteiger partial charge in [0.2, 0.25) is 0 Å². The zero-order chi connectivity index (χ0) is 13.5. The molecule has 0 aliphatic rings. The molecule has 1 aromatic rings. The molecule has 0 saturated heterocycles. The Kier molecular flexibility index (Phi) is 6.16. The molecule has 0 aromatic heterocycles. The Balaban J connectivity index is 2.87.